The molecule has 2 heterocycles. The number of nitrogens with one attached hydrogen (secondary N) is 1. The minimum Gasteiger partial charge on any atom is -0.331 e. The number of benzene rings is 1. The molecule has 0 spiro atoms. The molecule has 0 aliphatic rings. The molecule has 0 amide bonds. The van der Waals surface area contributed by atoms with E-state index in [9.17, 15) is 0 Å². The molecule has 0 atom stereocenters. The Kier molecular flexibility index (Phi) is 2.93. The fraction of sp³-hybridized carbons (Fsp3) is 0.167. The Morgan fingerprint density at radius 3 is 2.94 bits per heavy atom. The van der Waals surface area contributed by atoms with Gasteiger partial charge in [0, 0.05) is 18.9 Å². The minimum atomic E-state index is 0.685. The second-order valence-corrected chi connectivity index (χ2v) is 4.78. The van der Waals surface area contributed by atoms with E-state index >= 15 is 0 Å². The fourth-order valence-electron chi connectivity index (χ4n) is 2.02. The molecule has 0 fully saturated rings. The zero-order chi connectivity index (χ0) is 12.5. The molecule has 0 aliphatic heterocycles. The third kappa shape index (κ3) is 1.95. The maximum absolute atomic E-state index is 6.23. The van der Waals surface area contributed by atoms with Crippen LogP contribution in [0, 0.1) is 4.77 Å². The number of imidazole rings is 1. The molecule has 4 nitrogen and oxygen atoms in total. The van der Waals surface area contributed by atoms with Gasteiger partial charge in [-0.25, -0.2) is 0 Å². The molecule has 0 saturated carbocycles. The number of aromatic nitrogens is 4. The van der Waals surface area contributed by atoms with Crippen molar-refractivity contribution < 1.29 is 0 Å². The molecule has 3 aromatic rings. The van der Waals surface area contributed by atoms with Gasteiger partial charge in [-0.1, -0.05) is 17.7 Å². The lowest BCUT2D eigenvalue weighted by molar-refractivity contribution is 0.538. The highest BCUT2D eigenvalue weighted by Crippen LogP contribution is 2.23. The van der Waals surface area contributed by atoms with Gasteiger partial charge in [0.1, 0.15) is 0 Å². The maximum Gasteiger partial charge on any atom is 0.178 e. The van der Waals surface area contributed by atoms with Gasteiger partial charge in [-0.15, -0.1) is 0 Å². The topological polar surface area (TPSA) is 38.5 Å². The van der Waals surface area contributed by atoms with Crippen molar-refractivity contribution >= 4 is 34.9 Å². The average molecular weight is 279 g/mol. The number of hydrogen-bond donors (Lipinski definition) is 1. The first-order valence-electron chi connectivity index (χ1n) is 5.60. The van der Waals surface area contributed by atoms with Gasteiger partial charge < -0.3 is 9.55 Å². The monoisotopic (exact) mass is 278 g/mol. The Hall–Kier alpha value is -1.59. The van der Waals surface area contributed by atoms with Crippen LogP contribution in [-0.4, -0.2) is 19.3 Å². The van der Waals surface area contributed by atoms with Crippen molar-refractivity contribution in [2.75, 3.05) is 0 Å². The van der Waals surface area contributed by atoms with Gasteiger partial charge in [0.2, 0.25) is 0 Å². The van der Waals surface area contributed by atoms with Crippen molar-refractivity contribution in [3.8, 4) is 0 Å². The predicted octanol–water partition coefficient (Wildman–Crippen LogP) is 3.25. The highest BCUT2D eigenvalue weighted by Gasteiger charge is 2.07. The van der Waals surface area contributed by atoms with E-state index in [0.29, 0.717) is 9.79 Å². The number of H-pyrrole nitrogens is 1. The highest BCUT2D eigenvalue weighted by atomic mass is 35.5. The molecule has 1 N–H and O–H groups in total. The molecule has 2 aromatic heterocycles. The molecule has 0 aliphatic carbocycles. The summed E-state index contributed by atoms with van der Waals surface area (Å²) in [6, 6.07) is 7.66. The number of fused-ring (bicyclic) bond motifs is 1. The van der Waals surface area contributed by atoms with E-state index in [1.807, 2.05) is 39.7 Å². The van der Waals surface area contributed by atoms with Crippen molar-refractivity contribution in [1.29, 1.82) is 0 Å². The van der Waals surface area contributed by atoms with E-state index in [1.165, 1.54) is 0 Å². The molecule has 6 heteroatoms. The molecule has 1 aromatic carbocycles. The van der Waals surface area contributed by atoms with Crippen molar-refractivity contribution in [2.45, 2.75) is 13.1 Å². The van der Waals surface area contributed by atoms with Crippen LogP contribution in [0.3, 0.4) is 0 Å². The second-order valence-electron chi connectivity index (χ2n) is 3.99. The molecule has 0 saturated heterocycles. The Bertz CT molecular complexity index is 726. The SMILES string of the molecule is S=c1[nH]c2cccc(Cl)c2n1CCn1cccn1. The summed E-state index contributed by atoms with van der Waals surface area (Å²) in [7, 11) is 0. The van der Waals surface area contributed by atoms with Gasteiger partial charge in [-0.2, -0.15) is 5.10 Å². The molecule has 0 radical (unpaired) electrons. The lowest BCUT2D eigenvalue weighted by atomic mass is 10.3. The zero-order valence-corrected chi connectivity index (χ0v) is 11.1. The van der Waals surface area contributed by atoms with Crippen LogP contribution in [0.2, 0.25) is 5.02 Å². The van der Waals surface area contributed by atoms with E-state index in [0.717, 1.165) is 24.1 Å². The number of nitrogens with zero attached hydrogens (tertiary/aromatic N) is 3. The third-order valence-electron chi connectivity index (χ3n) is 2.86. The van der Waals surface area contributed by atoms with Crippen molar-refractivity contribution in [3.63, 3.8) is 0 Å². The Morgan fingerprint density at radius 2 is 2.17 bits per heavy atom. The quantitative estimate of drug-likeness (QED) is 0.747. The number of aryl methyl sites for hydroxylation is 2. The minimum absolute atomic E-state index is 0.685. The summed E-state index contributed by atoms with van der Waals surface area (Å²) in [5.41, 5.74) is 1.92. The standard InChI is InChI=1S/C12H11ClN4S/c13-9-3-1-4-10-11(9)17(12(18)15-10)8-7-16-6-2-5-14-16/h1-6H,7-8H2,(H,15,18). The molecule has 0 bridgehead atoms. The number of rotatable bonds is 3. The zero-order valence-electron chi connectivity index (χ0n) is 9.51. The molecule has 18 heavy (non-hydrogen) atoms. The highest BCUT2D eigenvalue weighted by molar-refractivity contribution is 7.71. The lowest BCUT2D eigenvalue weighted by Gasteiger charge is -2.05. The average Bonchev–Trinajstić information content (AvgIpc) is 2.94. The van der Waals surface area contributed by atoms with Crippen LogP contribution >= 0.6 is 23.8 Å². The number of halogens is 1. The third-order valence-corrected chi connectivity index (χ3v) is 3.48. The van der Waals surface area contributed by atoms with Crippen molar-refractivity contribution in [2.24, 2.45) is 0 Å². The summed E-state index contributed by atoms with van der Waals surface area (Å²) in [6.07, 6.45) is 3.70. The van der Waals surface area contributed by atoms with E-state index < -0.39 is 0 Å². The number of aromatic amines is 1. The van der Waals surface area contributed by atoms with Gasteiger partial charge in [0.25, 0.3) is 0 Å². The number of para-hydroxylation sites is 1. The molecular formula is C12H11ClN4S. The molecular weight excluding hydrogens is 268 g/mol. The summed E-state index contributed by atoms with van der Waals surface area (Å²) in [4.78, 5) is 3.16. The van der Waals surface area contributed by atoms with E-state index in [-0.39, 0.29) is 0 Å². The maximum atomic E-state index is 6.23. The Balaban J connectivity index is 2.01. The van der Waals surface area contributed by atoms with Crippen LogP contribution in [0.25, 0.3) is 11.0 Å². The van der Waals surface area contributed by atoms with Crippen molar-refractivity contribution in [1.82, 2.24) is 19.3 Å². The summed E-state index contributed by atoms with van der Waals surface area (Å²) < 4.78 is 4.57. The summed E-state index contributed by atoms with van der Waals surface area (Å²) in [5.74, 6) is 0. The van der Waals surface area contributed by atoms with Crippen LogP contribution in [0.1, 0.15) is 0 Å². The van der Waals surface area contributed by atoms with Gasteiger partial charge in [-0.05, 0) is 30.4 Å². The summed E-state index contributed by atoms with van der Waals surface area (Å²) in [5, 5.41) is 4.88. The number of hydrogen-bond acceptors (Lipinski definition) is 2. The van der Waals surface area contributed by atoms with Gasteiger partial charge in [0.05, 0.1) is 22.6 Å². The Morgan fingerprint density at radius 1 is 1.28 bits per heavy atom. The van der Waals surface area contributed by atoms with Crippen LogP contribution in [0.4, 0.5) is 0 Å². The molecule has 92 valence electrons. The molecule has 0 unspecified atom stereocenters. The fourth-order valence-corrected chi connectivity index (χ4v) is 2.59. The van der Waals surface area contributed by atoms with Crippen LogP contribution in [0.15, 0.2) is 36.7 Å². The largest absolute Gasteiger partial charge is 0.331 e. The first-order chi connectivity index (χ1) is 8.75. The van der Waals surface area contributed by atoms with E-state index in [1.54, 1.807) is 6.20 Å². The first kappa shape index (κ1) is 11.5. The second kappa shape index (κ2) is 4.59. The normalized spacial score (nSPS) is 11.2. The van der Waals surface area contributed by atoms with Gasteiger partial charge in [0.15, 0.2) is 4.77 Å². The van der Waals surface area contributed by atoms with Crippen LogP contribution in [0.5, 0.6) is 0 Å². The molecule has 3 rings (SSSR count). The van der Waals surface area contributed by atoms with Gasteiger partial charge in [-0.3, -0.25) is 4.68 Å². The van der Waals surface area contributed by atoms with Gasteiger partial charge >= 0.3 is 0 Å². The van der Waals surface area contributed by atoms with Crippen molar-refractivity contribution in [3.05, 3.63) is 46.5 Å². The first-order valence-corrected chi connectivity index (χ1v) is 6.39. The Labute approximate surface area is 114 Å². The summed E-state index contributed by atoms with van der Waals surface area (Å²) in [6.45, 7) is 1.50. The van der Waals surface area contributed by atoms with Crippen LogP contribution < -0.4 is 0 Å². The smallest absolute Gasteiger partial charge is 0.178 e. The summed E-state index contributed by atoms with van der Waals surface area (Å²) >= 11 is 11.6. The van der Waals surface area contributed by atoms with Crippen LogP contribution in [-0.2, 0) is 13.1 Å². The predicted molar refractivity (Wildman–Crippen MR) is 74.4 cm³/mol. The van der Waals surface area contributed by atoms with E-state index in [4.69, 9.17) is 23.8 Å². The lowest BCUT2D eigenvalue weighted by Crippen LogP contribution is -2.07. The van der Waals surface area contributed by atoms with E-state index in [2.05, 4.69) is 10.1 Å².